The molecule has 0 unspecified atom stereocenters. The first kappa shape index (κ1) is 20.3. The summed E-state index contributed by atoms with van der Waals surface area (Å²) >= 11 is 0. The molecule has 3 aromatic rings. The van der Waals surface area contributed by atoms with Gasteiger partial charge in [-0.25, -0.2) is 19.4 Å². The topological polar surface area (TPSA) is 94.0 Å². The van der Waals surface area contributed by atoms with E-state index in [1.165, 1.54) is 32.5 Å². The van der Waals surface area contributed by atoms with E-state index in [0.717, 1.165) is 5.56 Å². The van der Waals surface area contributed by atoms with Crippen molar-refractivity contribution in [3.05, 3.63) is 48.0 Å². The predicted octanol–water partition coefficient (Wildman–Crippen LogP) is 3.56. The first-order chi connectivity index (χ1) is 13.9. The van der Waals surface area contributed by atoms with E-state index in [0.29, 0.717) is 27.5 Å². The quantitative estimate of drug-likeness (QED) is 0.365. The van der Waals surface area contributed by atoms with Crippen molar-refractivity contribution in [1.29, 1.82) is 0 Å². The van der Waals surface area contributed by atoms with Crippen LogP contribution < -0.4 is 14.5 Å². The lowest BCUT2D eigenvalue weighted by Crippen LogP contribution is -2.15. The number of carbonyl (C=O) groups is 1. The Morgan fingerprint density at radius 2 is 1.97 bits per heavy atom. The third-order valence-corrected chi connectivity index (χ3v) is 4.08. The normalized spacial score (nSPS) is 10.7. The highest BCUT2D eigenvalue weighted by atomic mass is 19.1. The van der Waals surface area contributed by atoms with Crippen molar-refractivity contribution >= 4 is 28.4 Å². The molecule has 0 amide bonds. The second-order valence-corrected chi connectivity index (χ2v) is 6.17. The highest BCUT2D eigenvalue weighted by Gasteiger charge is 2.18. The third kappa shape index (κ3) is 4.52. The van der Waals surface area contributed by atoms with Crippen molar-refractivity contribution < 1.29 is 28.6 Å². The zero-order valence-corrected chi connectivity index (χ0v) is 16.2. The molecule has 0 aliphatic heterocycles. The summed E-state index contributed by atoms with van der Waals surface area (Å²) in [5.74, 6) is -0.168. The molecule has 0 fully saturated rings. The van der Waals surface area contributed by atoms with Crippen molar-refractivity contribution in [3.63, 3.8) is 0 Å². The second-order valence-electron chi connectivity index (χ2n) is 6.17. The van der Waals surface area contributed by atoms with Crippen molar-refractivity contribution in [2.24, 2.45) is 0 Å². The SMILES string of the molecule is COc1cc2c(N(O)c3ccc(C)cc3F)ncnc2cc1OCCOC(C)=O. The molecule has 9 heteroatoms. The van der Waals surface area contributed by atoms with E-state index in [9.17, 15) is 14.4 Å². The Morgan fingerprint density at radius 1 is 1.17 bits per heavy atom. The van der Waals surface area contributed by atoms with Crippen molar-refractivity contribution in [1.82, 2.24) is 9.97 Å². The highest BCUT2D eigenvalue weighted by Crippen LogP contribution is 2.36. The number of halogens is 1. The number of nitrogens with zero attached hydrogens (tertiary/aromatic N) is 3. The van der Waals surface area contributed by atoms with Gasteiger partial charge >= 0.3 is 5.97 Å². The largest absolute Gasteiger partial charge is 0.493 e. The summed E-state index contributed by atoms with van der Waals surface area (Å²) in [6.45, 7) is 3.28. The Bertz CT molecular complexity index is 1040. The number of ether oxygens (including phenoxy) is 3. The first-order valence-corrected chi connectivity index (χ1v) is 8.74. The summed E-state index contributed by atoms with van der Waals surface area (Å²) in [5.41, 5.74) is 1.13. The summed E-state index contributed by atoms with van der Waals surface area (Å²) < 4.78 is 30.1. The number of rotatable bonds is 7. The van der Waals surface area contributed by atoms with Crippen LogP contribution in [0.15, 0.2) is 36.7 Å². The van der Waals surface area contributed by atoms with Crippen LogP contribution in [0.25, 0.3) is 10.9 Å². The number of anilines is 2. The molecule has 0 spiro atoms. The van der Waals surface area contributed by atoms with Gasteiger partial charge in [0.15, 0.2) is 17.3 Å². The molecule has 1 heterocycles. The first-order valence-electron chi connectivity index (χ1n) is 8.74. The molecule has 8 nitrogen and oxygen atoms in total. The number of benzene rings is 2. The molecular weight excluding hydrogens is 381 g/mol. The van der Waals surface area contributed by atoms with Crippen LogP contribution in [0.2, 0.25) is 0 Å². The molecule has 0 saturated carbocycles. The molecular formula is C20H20FN3O5. The Balaban J connectivity index is 1.96. The molecule has 0 aliphatic rings. The number of aromatic nitrogens is 2. The molecule has 152 valence electrons. The van der Waals surface area contributed by atoms with Gasteiger partial charge in [0, 0.05) is 18.4 Å². The molecule has 0 bridgehead atoms. The molecule has 29 heavy (non-hydrogen) atoms. The Hall–Kier alpha value is -3.46. The van der Waals surface area contributed by atoms with Crippen LogP contribution in [-0.4, -0.2) is 41.5 Å². The van der Waals surface area contributed by atoms with Gasteiger partial charge in [-0.1, -0.05) is 6.07 Å². The van der Waals surface area contributed by atoms with Gasteiger partial charge in [-0.3, -0.25) is 10.0 Å². The minimum atomic E-state index is -0.586. The van der Waals surface area contributed by atoms with Crippen molar-refractivity contribution in [3.8, 4) is 11.5 Å². The summed E-state index contributed by atoms with van der Waals surface area (Å²) in [6.07, 6.45) is 1.25. The lowest BCUT2D eigenvalue weighted by atomic mass is 10.2. The standard InChI is InChI=1S/C20H20FN3O5/c1-12-4-5-17(15(21)8-12)24(26)20-14-9-18(27-3)19(10-16(14)22-11-23-20)29-7-6-28-13(2)25/h4-5,8-11,26H,6-7H2,1-3H3. The second kappa shape index (κ2) is 8.70. The van der Waals surface area contributed by atoms with Gasteiger partial charge < -0.3 is 14.2 Å². The molecule has 0 aliphatic carbocycles. The summed E-state index contributed by atoms with van der Waals surface area (Å²) in [5, 5.41) is 11.7. The molecule has 0 radical (unpaired) electrons. The number of fused-ring (bicyclic) bond motifs is 1. The lowest BCUT2D eigenvalue weighted by molar-refractivity contribution is -0.141. The summed E-state index contributed by atoms with van der Waals surface area (Å²) in [6, 6.07) is 7.65. The zero-order chi connectivity index (χ0) is 21.0. The van der Waals surface area contributed by atoms with Gasteiger partial charge in [-0.2, -0.15) is 0 Å². The number of esters is 1. The average molecular weight is 401 g/mol. The van der Waals surface area contributed by atoms with E-state index in [2.05, 4.69) is 9.97 Å². The zero-order valence-electron chi connectivity index (χ0n) is 16.2. The van der Waals surface area contributed by atoms with Gasteiger partial charge in [-0.15, -0.1) is 0 Å². The maximum Gasteiger partial charge on any atom is 0.302 e. The molecule has 1 aromatic heterocycles. The van der Waals surface area contributed by atoms with E-state index >= 15 is 0 Å². The number of carbonyl (C=O) groups excluding carboxylic acids is 1. The minimum absolute atomic E-state index is 0.0451. The molecule has 3 rings (SSSR count). The van der Waals surface area contributed by atoms with Crippen LogP contribution >= 0.6 is 0 Å². The van der Waals surface area contributed by atoms with E-state index in [1.54, 1.807) is 25.1 Å². The van der Waals surface area contributed by atoms with Crippen molar-refractivity contribution in [2.75, 3.05) is 25.4 Å². The fourth-order valence-corrected chi connectivity index (χ4v) is 2.73. The van der Waals surface area contributed by atoms with Gasteiger partial charge in [-0.05, 0) is 30.7 Å². The van der Waals surface area contributed by atoms with E-state index in [-0.39, 0.29) is 24.7 Å². The van der Waals surface area contributed by atoms with E-state index in [4.69, 9.17) is 14.2 Å². The predicted molar refractivity (Wildman–Crippen MR) is 103 cm³/mol. The van der Waals surface area contributed by atoms with Crippen LogP contribution in [0, 0.1) is 12.7 Å². The molecule has 0 saturated heterocycles. The minimum Gasteiger partial charge on any atom is -0.493 e. The van der Waals surface area contributed by atoms with Crippen LogP contribution in [-0.2, 0) is 9.53 Å². The number of hydrogen-bond donors (Lipinski definition) is 1. The van der Waals surface area contributed by atoms with Crippen LogP contribution in [0.1, 0.15) is 12.5 Å². The van der Waals surface area contributed by atoms with Crippen LogP contribution in [0.5, 0.6) is 11.5 Å². The third-order valence-electron chi connectivity index (χ3n) is 4.08. The summed E-state index contributed by atoms with van der Waals surface area (Å²) in [4.78, 5) is 19.1. The van der Waals surface area contributed by atoms with Gasteiger partial charge in [0.25, 0.3) is 0 Å². The lowest BCUT2D eigenvalue weighted by Gasteiger charge is -2.19. The Morgan fingerprint density at radius 3 is 2.66 bits per heavy atom. The van der Waals surface area contributed by atoms with Crippen molar-refractivity contribution in [2.45, 2.75) is 13.8 Å². The molecule has 2 aromatic carbocycles. The number of hydrogen-bond acceptors (Lipinski definition) is 8. The fraction of sp³-hybridized carbons (Fsp3) is 0.250. The summed E-state index contributed by atoms with van der Waals surface area (Å²) in [7, 11) is 1.46. The maximum absolute atomic E-state index is 14.3. The number of methoxy groups -OCH3 is 1. The number of aryl methyl sites for hydroxylation is 1. The van der Waals surface area contributed by atoms with Crippen LogP contribution in [0.3, 0.4) is 0 Å². The average Bonchev–Trinajstić information content (AvgIpc) is 2.69. The van der Waals surface area contributed by atoms with E-state index < -0.39 is 11.8 Å². The molecule has 0 atom stereocenters. The van der Waals surface area contributed by atoms with Gasteiger partial charge in [0.1, 0.15) is 31.0 Å². The van der Waals surface area contributed by atoms with E-state index in [1.807, 2.05) is 0 Å². The van der Waals surface area contributed by atoms with Crippen LogP contribution in [0.4, 0.5) is 15.9 Å². The fourth-order valence-electron chi connectivity index (χ4n) is 2.73. The Kier molecular flexibility index (Phi) is 6.08. The van der Waals surface area contributed by atoms with Gasteiger partial charge in [0.05, 0.1) is 12.6 Å². The molecule has 1 N–H and O–H groups in total. The smallest absolute Gasteiger partial charge is 0.302 e. The van der Waals surface area contributed by atoms with Gasteiger partial charge in [0.2, 0.25) is 0 Å². The monoisotopic (exact) mass is 401 g/mol. The Labute approximate surface area is 166 Å². The maximum atomic E-state index is 14.3. The highest BCUT2D eigenvalue weighted by molar-refractivity contribution is 5.93.